The molecular weight excluding hydrogens is 783 g/mol. The third-order valence-corrected chi connectivity index (χ3v) is 14.5. The third-order valence-electron chi connectivity index (χ3n) is 14.5. The van der Waals surface area contributed by atoms with Gasteiger partial charge in [-0.05, 0) is 122 Å². The van der Waals surface area contributed by atoms with Crippen LogP contribution >= 0.6 is 0 Å². The molecular formula is C64H47N. The van der Waals surface area contributed by atoms with Gasteiger partial charge in [-0.1, -0.05) is 218 Å². The second-order valence-electron chi connectivity index (χ2n) is 17.9. The van der Waals surface area contributed by atoms with E-state index in [1.807, 2.05) is 0 Å². The maximum atomic E-state index is 2.52. The second kappa shape index (κ2) is 15.4. The smallest absolute Gasteiger partial charge is 0.0540 e. The van der Waals surface area contributed by atoms with Gasteiger partial charge in [0.2, 0.25) is 0 Å². The Morgan fingerprint density at radius 3 is 1.18 bits per heavy atom. The molecule has 65 heavy (non-hydrogen) atoms. The molecule has 1 heteroatoms. The van der Waals surface area contributed by atoms with Gasteiger partial charge in [0.1, 0.15) is 0 Å². The topological polar surface area (TPSA) is 3.24 Å². The van der Waals surface area contributed by atoms with E-state index in [4.69, 9.17) is 0 Å². The van der Waals surface area contributed by atoms with Crippen molar-refractivity contribution in [1.82, 2.24) is 0 Å². The van der Waals surface area contributed by atoms with Crippen molar-refractivity contribution in [3.8, 4) is 55.6 Å². The van der Waals surface area contributed by atoms with Gasteiger partial charge in [-0.25, -0.2) is 0 Å². The number of benzene rings is 10. The van der Waals surface area contributed by atoms with E-state index in [9.17, 15) is 0 Å². The van der Waals surface area contributed by atoms with Crippen LogP contribution in [0, 0.1) is 0 Å². The molecule has 0 amide bonds. The molecule has 10 aromatic rings. The number of para-hydroxylation sites is 2. The first-order valence-electron chi connectivity index (χ1n) is 22.8. The van der Waals surface area contributed by atoms with Crippen molar-refractivity contribution in [3.63, 3.8) is 0 Å². The molecule has 0 N–H and O–H groups in total. The minimum absolute atomic E-state index is 0.312. The summed E-state index contributed by atoms with van der Waals surface area (Å²) in [5, 5.41) is 0. The fourth-order valence-electron chi connectivity index (χ4n) is 11.1. The Balaban J connectivity index is 1.08. The molecule has 0 radical (unpaired) electrons. The lowest BCUT2D eigenvalue weighted by Crippen LogP contribution is -2.23. The highest BCUT2D eigenvalue weighted by Gasteiger charge is 2.42. The van der Waals surface area contributed by atoms with Gasteiger partial charge in [-0.15, -0.1) is 0 Å². The average molecular weight is 830 g/mol. The van der Waals surface area contributed by atoms with Crippen LogP contribution in [0.4, 0.5) is 17.1 Å². The summed E-state index contributed by atoms with van der Waals surface area (Å²) in [6.07, 6.45) is 0. The van der Waals surface area contributed by atoms with Crippen LogP contribution in [-0.2, 0) is 10.8 Å². The second-order valence-corrected chi connectivity index (χ2v) is 17.9. The standard InChI is InChI=1S/C64H47N/c1-63(48-22-8-4-9-23-48)57-30-16-12-28-53(57)55-40-38-47(42-59(55)63)52-27-15-19-33-62(52)65(61-32-18-14-26-51(61)46-36-34-45(35-37-46)44-20-6-3-7-21-44)50-39-41-56-54-29-13-17-31-58(54)64(2,60(56)43-50)49-24-10-5-11-25-49/h3-43H,1-2H3. The van der Waals surface area contributed by atoms with Crippen LogP contribution in [0.25, 0.3) is 55.6 Å². The van der Waals surface area contributed by atoms with E-state index < -0.39 is 0 Å². The van der Waals surface area contributed by atoms with Gasteiger partial charge in [0.15, 0.2) is 0 Å². The highest BCUT2D eigenvalue weighted by Crippen LogP contribution is 2.56. The van der Waals surface area contributed by atoms with Gasteiger partial charge < -0.3 is 4.90 Å². The summed E-state index contributed by atoms with van der Waals surface area (Å²) in [7, 11) is 0. The maximum Gasteiger partial charge on any atom is 0.0540 e. The van der Waals surface area contributed by atoms with Crippen LogP contribution in [-0.4, -0.2) is 0 Å². The first-order valence-corrected chi connectivity index (χ1v) is 22.8. The molecule has 2 aliphatic carbocycles. The van der Waals surface area contributed by atoms with Crippen molar-refractivity contribution in [2.75, 3.05) is 4.90 Å². The van der Waals surface area contributed by atoms with Crippen molar-refractivity contribution in [2.24, 2.45) is 0 Å². The zero-order valence-electron chi connectivity index (χ0n) is 36.6. The quantitative estimate of drug-likeness (QED) is 0.147. The van der Waals surface area contributed by atoms with Crippen LogP contribution in [0.2, 0.25) is 0 Å². The number of nitrogens with zero attached hydrogens (tertiary/aromatic N) is 1. The van der Waals surface area contributed by atoms with Crippen LogP contribution in [0.5, 0.6) is 0 Å². The van der Waals surface area contributed by atoms with Crippen molar-refractivity contribution in [3.05, 3.63) is 282 Å². The summed E-state index contributed by atoms with van der Waals surface area (Å²) < 4.78 is 0. The lowest BCUT2D eigenvalue weighted by atomic mass is 9.74. The van der Waals surface area contributed by atoms with Gasteiger partial charge in [0.05, 0.1) is 11.4 Å². The molecule has 0 aliphatic heterocycles. The molecule has 12 rings (SSSR count). The van der Waals surface area contributed by atoms with Crippen molar-refractivity contribution in [1.29, 1.82) is 0 Å². The van der Waals surface area contributed by atoms with Crippen LogP contribution in [0.15, 0.2) is 249 Å². The molecule has 0 spiro atoms. The Kier molecular flexibility index (Phi) is 9.14. The lowest BCUT2D eigenvalue weighted by Gasteiger charge is -2.33. The van der Waals surface area contributed by atoms with Gasteiger partial charge >= 0.3 is 0 Å². The SMILES string of the molecule is CC1(c2ccccc2)c2ccccc2-c2ccc(-c3ccccc3N(c3ccc4c(c3)C(C)(c3ccccc3)c3ccccc3-4)c3ccccc3-c3ccc(-c4ccccc4)cc3)cc21. The molecule has 2 unspecified atom stereocenters. The summed E-state index contributed by atoms with van der Waals surface area (Å²) in [5.74, 6) is 0. The Hall–Kier alpha value is -8.00. The molecule has 2 atom stereocenters. The molecule has 0 saturated heterocycles. The minimum Gasteiger partial charge on any atom is -0.309 e. The maximum absolute atomic E-state index is 2.52. The van der Waals surface area contributed by atoms with Crippen LogP contribution < -0.4 is 4.90 Å². The highest BCUT2D eigenvalue weighted by atomic mass is 15.1. The molecule has 0 bridgehead atoms. The van der Waals surface area contributed by atoms with Gasteiger partial charge in [0, 0.05) is 27.6 Å². The fourth-order valence-corrected chi connectivity index (χ4v) is 11.1. The largest absolute Gasteiger partial charge is 0.309 e. The van der Waals surface area contributed by atoms with Gasteiger partial charge in [-0.3, -0.25) is 0 Å². The van der Waals surface area contributed by atoms with E-state index in [0.717, 1.165) is 22.6 Å². The van der Waals surface area contributed by atoms with Crippen LogP contribution in [0.1, 0.15) is 47.2 Å². The van der Waals surface area contributed by atoms with E-state index in [2.05, 4.69) is 267 Å². The molecule has 10 aromatic carbocycles. The molecule has 1 nitrogen and oxygen atoms in total. The normalized spacial score (nSPS) is 16.6. The summed E-state index contributed by atoms with van der Waals surface area (Å²) in [6, 6.07) is 91.9. The lowest BCUT2D eigenvalue weighted by molar-refractivity contribution is 0.714. The van der Waals surface area contributed by atoms with Crippen LogP contribution in [0.3, 0.4) is 0 Å². The summed E-state index contributed by atoms with van der Waals surface area (Å²) in [5.41, 5.74) is 22.9. The number of rotatable bonds is 8. The number of anilines is 3. The van der Waals surface area contributed by atoms with Gasteiger partial charge in [0.25, 0.3) is 0 Å². The number of fused-ring (bicyclic) bond motifs is 6. The van der Waals surface area contributed by atoms with E-state index in [1.54, 1.807) is 0 Å². The molecule has 0 heterocycles. The highest BCUT2D eigenvalue weighted by molar-refractivity contribution is 5.96. The predicted octanol–water partition coefficient (Wildman–Crippen LogP) is 16.8. The Labute approximate surface area is 382 Å². The molecule has 308 valence electrons. The monoisotopic (exact) mass is 829 g/mol. The molecule has 0 aromatic heterocycles. The fraction of sp³-hybridized carbons (Fsp3) is 0.0625. The predicted molar refractivity (Wildman–Crippen MR) is 272 cm³/mol. The summed E-state index contributed by atoms with van der Waals surface area (Å²) >= 11 is 0. The van der Waals surface area contributed by atoms with E-state index >= 15 is 0 Å². The zero-order chi connectivity index (χ0) is 43.5. The van der Waals surface area contributed by atoms with Crippen molar-refractivity contribution < 1.29 is 0 Å². The van der Waals surface area contributed by atoms with E-state index in [1.165, 1.54) is 83.5 Å². The molecule has 0 fully saturated rings. The first-order chi connectivity index (χ1) is 32.0. The first kappa shape index (κ1) is 38.7. The zero-order valence-corrected chi connectivity index (χ0v) is 36.6. The number of hydrogen-bond donors (Lipinski definition) is 0. The van der Waals surface area contributed by atoms with Gasteiger partial charge in [-0.2, -0.15) is 0 Å². The van der Waals surface area contributed by atoms with Crippen molar-refractivity contribution in [2.45, 2.75) is 24.7 Å². The molecule has 2 aliphatic rings. The Morgan fingerprint density at radius 1 is 0.262 bits per heavy atom. The Morgan fingerprint density at radius 2 is 0.631 bits per heavy atom. The minimum atomic E-state index is -0.349. The molecule has 0 saturated carbocycles. The Bertz CT molecular complexity index is 3390. The summed E-state index contributed by atoms with van der Waals surface area (Å²) in [4.78, 5) is 2.52. The average Bonchev–Trinajstić information content (AvgIpc) is 3.80. The van der Waals surface area contributed by atoms with E-state index in [0.29, 0.717) is 0 Å². The third kappa shape index (κ3) is 6.07. The van der Waals surface area contributed by atoms with E-state index in [-0.39, 0.29) is 10.8 Å². The summed E-state index contributed by atoms with van der Waals surface area (Å²) in [6.45, 7) is 4.81. The van der Waals surface area contributed by atoms with Crippen molar-refractivity contribution >= 4 is 17.1 Å². The number of hydrogen-bond acceptors (Lipinski definition) is 1.